The molecule has 0 spiro atoms. The van der Waals surface area contributed by atoms with Crippen molar-refractivity contribution in [1.82, 2.24) is 14.7 Å². The van der Waals surface area contributed by atoms with Crippen LogP contribution in [0, 0.1) is 6.92 Å². The van der Waals surface area contributed by atoms with E-state index in [4.69, 9.17) is 14.0 Å². The molecule has 0 aliphatic heterocycles. The number of nitrogens with one attached hydrogen (secondary N) is 1. The zero-order valence-corrected chi connectivity index (χ0v) is 20.9. The van der Waals surface area contributed by atoms with Crippen LogP contribution in [0.15, 0.2) is 73.7 Å². The summed E-state index contributed by atoms with van der Waals surface area (Å²) in [5.41, 5.74) is 1.64. The zero-order valence-electron chi connectivity index (χ0n) is 20.1. The molecule has 0 saturated heterocycles. The second-order valence-electron chi connectivity index (χ2n) is 8.43. The Morgan fingerprint density at radius 2 is 1.86 bits per heavy atom. The second-order valence-corrected chi connectivity index (χ2v) is 10.3. The number of hydrogen-bond acceptors (Lipinski definition) is 7. The van der Waals surface area contributed by atoms with E-state index in [-0.39, 0.29) is 27.4 Å². The minimum Gasteiger partial charge on any atom is -0.497 e. The molecule has 2 aromatic heterocycles. The van der Waals surface area contributed by atoms with Crippen molar-refractivity contribution in [2.45, 2.75) is 36.6 Å². The highest BCUT2D eigenvalue weighted by Crippen LogP contribution is 2.37. The van der Waals surface area contributed by atoms with Gasteiger partial charge in [0.05, 0.1) is 47.3 Å². The summed E-state index contributed by atoms with van der Waals surface area (Å²) < 4.78 is 45.8. The van der Waals surface area contributed by atoms with Crippen LogP contribution in [0.2, 0.25) is 0 Å². The van der Waals surface area contributed by atoms with E-state index in [2.05, 4.69) is 10.1 Å². The monoisotopic (exact) mass is 507 g/mol. The summed E-state index contributed by atoms with van der Waals surface area (Å²) >= 11 is 0. The molecule has 36 heavy (non-hydrogen) atoms. The average molecular weight is 508 g/mol. The lowest BCUT2D eigenvalue weighted by atomic mass is 10.2. The lowest BCUT2D eigenvalue weighted by Gasteiger charge is -2.12. The van der Waals surface area contributed by atoms with Crippen LogP contribution in [0.3, 0.4) is 0 Å². The molecule has 5 rings (SSSR count). The number of rotatable bonds is 8. The first-order valence-corrected chi connectivity index (χ1v) is 12.9. The average Bonchev–Trinajstić information content (AvgIpc) is 3.40. The first-order chi connectivity index (χ1) is 17.3. The molecule has 0 atom stereocenters. The molecule has 0 unspecified atom stereocenters. The highest BCUT2D eigenvalue weighted by molar-refractivity contribution is 7.92. The van der Waals surface area contributed by atoms with Gasteiger partial charge in [-0.05, 0) is 55.3 Å². The van der Waals surface area contributed by atoms with Crippen molar-refractivity contribution in [3.63, 3.8) is 0 Å². The summed E-state index contributed by atoms with van der Waals surface area (Å²) in [5.74, 6) is 1.22. The standard InChI is InChI=1S/C26H25N3O6S/c1-4-12-34-19-7-5-6-17(13-19)15-29-24-21(27-26(29)30)14-22-23(16(2)28-35-22)25(24)36(31,32)20-10-8-18(33-3)9-11-20/h5-11,13-14H,4,12,15H2,1-3H3,(H,27,30). The maximum Gasteiger partial charge on any atom is 0.326 e. The SMILES string of the molecule is CCCOc1cccc(Cn2c(=O)[nH]c3cc4onc(C)c4c(S(=O)(=O)c4ccc(OC)cc4)c32)c1. The number of benzene rings is 3. The Balaban J connectivity index is 1.75. The summed E-state index contributed by atoms with van der Waals surface area (Å²) in [5, 5.41) is 4.33. The molecule has 0 aliphatic carbocycles. The molecule has 0 fully saturated rings. The van der Waals surface area contributed by atoms with Gasteiger partial charge in [-0.1, -0.05) is 24.2 Å². The first kappa shape index (κ1) is 23.7. The minimum absolute atomic E-state index is 0.0318. The number of aryl methyl sites for hydroxylation is 1. The van der Waals surface area contributed by atoms with E-state index in [1.807, 2.05) is 31.2 Å². The van der Waals surface area contributed by atoms with Crippen LogP contribution in [0.4, 0.5) is 0 Å². The molecule has 186 valence electrons. The van der Waals surface area contributed by atoms with Crippen LogP contribution in [0.5, 0.6) is 11.5 Å². The lowest BCUT2D eigenvalue weighted by molar-refractivity contribution is 0.317. The van der Waals surface area contributed by atoms with Crippen molar-refractivity contribution in [3.05, 3.63) is 76.3 Å². The summed E-state index contributed by atoms with van der Waals surface area (Å²) in [6.45, 7) is 4.41. The number of methoxy groups -OCH3 is 1. The van der Waals surface area contributed by atoms with Crippen LogP contribution in [-0.2, 0) is 16.4 Å². The van der Waals surface area contributed by atoms with E-state index in [9.17, 15) is 13.2 Å². The second kappa shape index (κ2) is 9.19. The predicted octanol–water partition coefficient (Wildman–Crippen LogP) is 4.46. The topological polar surface area (TPSA) is 116 Å². The summed E-state index contributed by atoms with van der Waals surface area (Å²) in [6.07, 6.45) is 0.868. The molecule has 9 nitrogen and oxygen atoms in total. The number of ether oxygens (including phenoxy) is 2. The van der Waals surface area contributed by atoms with Gasteiger partial charge in [-0.3, -0.25) is 4.57 Å². The van der Waals surface area contributed by atoms with E-state index >= 15 is 0 Å². The van der Waals surface area contributed by atoms with E-state index in [0.29, 0.717) is 34.7 Å². The maximum atomic E-state index is 14.0. The smallest absolute Gasteiger partial charge is 0.326 e. The van der Waals surface area contributed by atoms with Crippen molar-refractivity contribution in [2.24, 2.45) is 0 Å². The van der Waals surface area contributed by atoms with E-state index in [0.717, 1.165) is 12.0 Å². The van der Waals surface area contributed by atoms with Gasteiger partial charge < -0.3 is 19.0 Å². The summed E-state index contributed by atoms with van der Waals surface area (Å²) in [7, 11) is -2.58. The maximum absolute atomic E-state index is 14.0. The fourth-order valence-corrected chi connectivity index (χ4v) is 5.99. The van der Waals surface area contributed by atoms with Crippen LogP contribution < -0.4 is 15.2 Å². The van der Waals surface area contributed by atoms with Crippen molar-refractivity contribution < 1.29 is 22.4 Å². The van der Waals surface area contributed by atoms with Gasteiger partial charge in [0.25, 0.3) is 0 Å². The Morgan fingerprint density at radius 3 is 2.58 bits per heavy atom. The van der Waals surface area contributed by atoms with Crippen LogP contribution in [0.25, 0.3) is 22.0 Å². The van der Waals surface area contributed by atoms with Crippen LogP contribution >= 0.6 is 0 Å². The van der Waals surface area contributed by atoms with Gasteiger partial charge in [0.15, 0.2) is 5.58 Å². The van der Waals surface area contributed by atoms with Crippen LogP contribution in [-0.4, -0.2) is 36.8 Å². The van der Waals surface area contributed by atoms with Gasteiger partial charge in [-0.2, -0.15) is 0 Å². The molecular formula is C26H25N3O6S. The minimum atomic E-state index is -4.09. The Labute approximate surface area is 207 Å². The zero-order chi connectivity index (χ0) is 25.4. The third-order valence-corrected chi connectivity index (χ3v) is 7.80. The normalized spacial score (nSPS) is 11.9. The van der Waals surface area contributed by atoms with E-state index in [1.165, 1.54) is 23.8 Å². The van der Waals surface area contributed by atoms with Gasteiger partial charge in [0, 0.05) is 6.07 Å². The molecule has 10 heteroatoms. The molecule has 0 aliphatic rings. The third-order valence-electron chi connectivity index (χ3n) is 5.97. The molecule has 1 N–H and O–H groups in total. The lowest BCUT2D eigenvalue weighted by Crippen LogP contribution is -2.18. The predicted molar refractivity (Wildman–Crippen MR) is 135 cm³/mol. The summed E-state index contributed by atoms with van der Waals surface area (Å²) in [4.78, 5) is 15.9. The number of imidazole rings is 1. The van der Waals surface area contributed by atoms with Crippen molar-refractivity contribution in [1.29, 1.82) is 0 Å². The molecular weight excluding hydrogens is 482 g/mol. The third kappa shape index (κ3) is 4.03. The van der Waals surface area contributed by atoms with Crippen molar-refractivity contribution >= 4 is 31.8 Å². The Bertz CT molecular complexity index is 1730. The van der Waals surface area contributed by atoms with E-state index < -0.39 is 15.5 Å². The van der Waals surface area contributed by atoms with Crippen LogP contribution in [0.1, 0.15) is 24.6 Å². The molecule has 2 heterocycles. The van der Waals surface area contributed by atoms with Gasteiger partial charge in [0.2, 0.25) is 9.84 Å². The number of H-pyrrole nitrogens is 1. The highest BCUT2D eigenvalue weighted by atomic mass is 32.2. The molecule has 0 bridgehead atoms. The highest BCUT2D eigenvalue weighted by Gasteiger charge is 2.30. The quantitative estimate of drug-likeness (QED) is 0.330. The number of aromatic nitrogens is 3. The van der Waals surface area contributed by atoms with Gasteiger partial charge in [-0.15, -0.1) is 0 Å². The largest absolute Gasteiger partial charge is 0.497 e. The number of aromatic amines is 1. The van der Waals surface area contributed by atoms with Gasteiger partial charge >= 0.3 is 5.69 Å². The fraction of sp³-hybridized carbons (Fsp3) is 0.231. The first-order valence-electron chi connectivity index (χ1n) is 11.5. The molecule has 5 aromatic rings. The number of hydrogen-bond donors (Lipinski definition) is 1. The Kier molecular flexibility index (Phi) is 6.05. The number of fused-ring (bicyclic) bond motifs is 2. The van der Waals surface area contributed by atoms with Gasteiger partial charge in [-0.25, -0.2) is 13.2 Å². The summed E-state index contributed by atoms with van der Waals surface area (Å²) in [6, 6.07) is 15.1. The Hall–Kier alpha value is -4.05. The molecule has 0 amide bonds. The molecule has 3 aromatic carbocycles. The number of nitrogens with zero attached hydrogens (tertiary/aromatic N) is 2. The van der Waals surface area contributed by atoms with Crippen molar-refractivity contribution in [3.8, 4) is 11.5 Å². The van der Waals surface area contributed by atoms with Crippen molar-refractivity contribution in [2.75, 3.05) is 13.7 Å². The fourth-order valence-electron chi connectivity index (χ4n) is 4.27. The van der Waals surface area contributed by atoms with Gasteiger partial charge in [0.1, 0.15) is 16.4 Å². The molecule has 0 saturated carbocycles. The number of sulfone groups is 1. The Morgan fingerprint density at radius 1 is 1.08 bits per heavy atom. The molecule has 0 radical (unpaired) electrons. The van der Waals surface area contributed by atoms with E-state index in [1.54, 1.807) is 25.1 Å².